The van der Waals surface area contributed by atoms with E-state index in [1.54, 1.807) is 23.5 Å². The molecule has 0 fully saturated rings. The maximum atomic E-state index is 11.0. The molecule has 0 aliphatic carbocycles. The standard InChI is InChI=1S/C15H19N3O2S/c1-10-4-11(15(19)20)6-12(5-10)16-7-13-9-21-14(17-13)8-18(2)3/h4-6,9,16H,7-8H2,1-3H3,(H,19,20). The second kappa shape index (κ2) is 6.69. The van der Waals surface area contributed by atoms with Gasteiger partial charge in [-0.2, -0.15) is 0 Å². The fourth-order valence-electron chi connectivity index (χ4n) is 1.97. The van der Waals surface area contributed by atoms with Gasteiger partial charge in [-0.05, 0) is 44.8 Å². The molecule has 6 heteroatoms. The van der Waals surface area contributed by atoms with Crippen molar-refractivity contribution in [3.63, 3.8) is 0 Å². The molecule has 0 aliphatic heterocycles. The zero-order chi connectivity index (χ0) is 15.4. The Hall–Kier alpha value is -1.92. The Kier molecular flexibility index (Phi) is 4.93. The van der Waals surface area contributed by atoms with Crippen LogP contribution in [0.3, 0.4) is 0 Å². The van der Waals surface area contributed by atoms with Crippen molar-refractivity contribution in [2.75, 3.05) is 19.4 Å². The molecule has 2 aromatic rings. The molecule has 1 aromatic carbocycles. The predicted molar refractivity (Wildman–Crippen MR) is 85.0 cm³/mol. The predicted octanol–water partition coefficient (Wildman–Crippen LogP) is 2.82. The van der Waals surface area contributed by atoms with Crippen LogP contribution in [0.25, 0.3) is 0 Å². The number of rotatable bonds is 6. The Labute approximate surface area is 128 Å². The number of aryl methyl sites for hydroxylation is 1. The van der Waals surface area contributed by atoms with Crippen LogP contribution in [-0.2, 0) is 13.1 Å². The fourth-order valence-corrected chi connectivity index (χ4v) is 2.89. The summed E-state index contributed by atoms with van der Waals surface area (Å²) in [5, 5.41) is 15.4. The Balaban J connectivity index is 2.02. The lowest BCUT2D eigenvalue weighted by atomic mass is 10.1. The molecule has 2 N–H and O–H groups in total. The number of benzene rings is 1. The monoisotopic (exact) mass is 305 g/mol. The van der Waals surface area contributed by atoms with E-state index in [2.05, 4.69) is 15.2 Å². The summed E-state index contributed by atoms with van der Waals surface area (Å²) < 4.78 is 0. The second-order valence-corrected chi connectivity index (χ2v) is 6.16. The summed E-state index contributed by atoms with van der Waals surface area (Å²) in [7, 11) is 4.03. The number of hydrogen-bond acceptors (Lipinski definition) is 5. The zero-order valence-corrected chi connectivity index (χ0v) is 13.2. The molecule has 0 saturated carbocycles. The largest absolute Gasteiger partial charge is 0.478 e. The number of aromatic carboxylic acids is 1. The summed E-state index contributed by atoms with van der Waals surface area (Å²) in [6.07, 6.45) is 0. The van der Waals surface area contributed by atoms with E-state index in [9.17, 15) is 4.79 Å². The molecular formula is C15H19N3O2S. The van der Waals surface area contributed by atoms with Crippen molar-refractivity contribution >= 4 is 23.0 Å². The first-order valence-corrected chi connectivity index (χ1v) is 7.49. The summed E-state index contributed by atoms with van der Waals surface area (Å²) >= 11 is 1.64. The number of anilines is 1. The van der Waals surface area contributed by atoms with Crippen molar-refractivity contribution in [2.45, 2.75) is 20.0 Å². The van der Waals surface area contributed by atoms with Gasteiger partial charge in [0.2, 0.25) is 0 Å². The summed E-state index contributed by atoms with van der Waals surface area (Å²) in [6, 6.07) is 5.23. The average Bonchev–Trinajstić information content (AvgIpc) is 2.82. The van der Waals surface area contributed by atoms with Crippen LogP contribution in [0.15, 0.2) is 23.6 Å². The van der Waals surface area contributed by atoms with E-state index in [1.165, 1.54) is 0 Å². The van der Waals surface area contributed by atoms with Crippen LogP contribution in [0.4, 0.5) is 5.69 Å². The van der Waals surface area contributed by atoms with Gasteiger partial charge in [-0.3, -0.25) is 0 Å². The maximum absolute atomic E-state index is 11.0. The van der Waals surface area contributed by atoms with Gasteiger partial charge in [0.05, 0.1) is 17.8 Å². The molecule has 112 valence electrons. The topological polar surface area (TPSA) is 65.5 Å². The van der Waals surface area contributed by atoms with Crippen LogP contribution in [-0.4, -0.2) is 35.1 Å². The van der Waals surface area contributed by atoms with Gasteiger partial charge in [-0.25, -0.2) is 9.78 Å². The third-order valence-corrected chi connectivity index (χ3v) is 3.73. The van der Waals surface area contributed by atoms with Crippen molar-refractivity contribution < 1.29 is 9.90 Å². The summed E-state index contributed by atoms with van der Waals surface area (Å²) in [4.78, 5) is 17.7. The van der Waals surface area contributed by atoms with Crippen molar-refractivity contribution in [3.05, 3.63) is 45.4 Å². The van der Waals surface area contributed by atoms with Crippen LogP contribution < -0.4 is 5.32 Å². The molecule has 0 unspecified atom stereocenters. The number of nitrogens with zero attached hydrogens (tertiary/aromatic N) is 2. The van der Waals surface area contributed by atoms with E-state index < -0.39 is 5.97 Å². The lowest BCUT2D eigenvalue weighted by Crippen LogP contribution is -2.10. The molecule has 1 heterocycles. The van der Waals surface area contributed by atoms with Gasteiger partial charge in [0.15, 0.2) is 0 Å². The van der Waals surface area contributed by atoms with Crippen molar-refractivity contribution in [1.29, 1.82) is 0 Å². The molecule has 5 nitrogen and oxygen atoms in total. The smallest absolute Gasteiger partial charge is 0.335 e. The maximum Gasteiger partial charge on any atom is 0.335 e. The van der Waals surface area contributed by atoms with Gasteiger partial charge in [0.25, 0.3) is 0 Å². The van der Waals surface area contributed by atoms with E-state index in [0.717, 1.165) is 28.5 Å². The minimum atomic E-state index is -0.913. The Bertz CT molecular complexity index is 638. The quantitative estimate of drug-likeness (QED) is 0.859. The summed E-state index contributed by atoms with van der Waals surface area (Å²) in [6.45, 7) is 3.31. The highest BCUT2D eigenvalue weighted by atomic mass is 32.1. The molecule has 21 heavy (non-hydrogen) atoms. The minimum Gasteiger partial charge on any atom is -0.478 e. The van der Waals surface area contributed by atoms with Gasteiger partial charge in [-0.1, -0.05) is 0 Å². The van der Waals surface area contributed by atoms with E-state index in [0.29, 0.717) is 12.1 Å². The van der Waals surface area contributed by atoms with E-state index in [1.807, 2.05) is 32.5 Å². The normalized spacial score (nSPS) is 10.9. The molecule has 0 amide bonds. The van der Waals surface area contributed by atoms with E-state index >= 15 is 0 Å². The van der Waals surface area contributed by atoms with Crippen LogP contribution >= 0.6 is 11.3 Å². The molecule has 0 bridgehead atoms. The number of thiazole rings is 1. The highest BCUT2D eigenvalue weighted by molar-refractivity contribution is 7.09. The van der Waals surface area contributed by atoms with Gasteiger partial charge in [0.1, 0.15) is 5.01 Å². The molecule has 0 aliphatic rings. The first-order chi connectivity index (χ1) is 9.94. The lowest BCUT2D eigenvalue weighted by Gasteiger charge is -2.07. The van der Waals surface area contributed by atoms with Crippen LogP contribution in [0.5, 0.6) is 0 Å². The number of nitrogens with one attached hydrogen (secondary N) is 1. The van der Waals surface area contributed by atoms with E-state index in [-0.39, 0.29) is 0 Å². The van der Waals surface area contributed by atoms with Gasteiger partial charge in [0, 0.05) is 17.6 Å². The molecule has 0 spiro atoms. The number of hydrogen-bond donors (Lipinski definition) is 2. The Morgan fingerprint density at radius 1 is 1.38 bits per heavy atom. The molecule has 0 saturated heterocycles. The van der Waals surface area contributed by atoms with Crippen LogP contribution in [0.2, 0.25) is 0 Å². The first-order valence-electron chi connectivity index (χ1n) is 6.61. The second-order valence-electron chi connectivity index (χ2n) is 5.22. The van der Waals surface area contributed by atoms with Crippen molar-refractivity contribution in [2.24, 2.45) is 0 Å². The number of carbonyl (C=O) groups is 1. The average molecular weight is 305 g/mol. The van der Waals surface area contributed by atoms with Crippen molar-refractivity contribution in [3.8, 4) is 0 Å². The molecule has 0 atom stereocenters. The number of carboxylic acids is 1. The highest BCUT2D eigenvalue weighted by Gasteiger charge is 2.07. The third-order valence-electron chi connectivity index (χ3n) is 2.85. The lowest BCUT2D eigenvalue weighted by molar-refractivity contribution is 0.0697. The summed E-state index contributed by atoms with van der Waals surface area (Å²) in [5.74, 6) is -0.913. The zero-order valence-electron chi connectivity index (χ0n) is 12.4. The minimum absolute atomic E-state index is 0.295. The molecule has 1 aromatic heterocycles. The Morgan fingerprint density at radius 2 is 2.14 bits per heavy atom. The van der Waals surface area contributed by atoms with Crippen LogP contribution in [0.1, 0.15) is 26.6 Å². The number of carboxylic acid groups (broad SMARTS) is 1. The first kappa shape index (κ1) is 15.5. The third kappa shape index (κ3) is 4.54. The van der Waals surface area contributed by atoms with Crippen LogP contribution in [0, 0.1) is 6.92 Å². The molecule has 2 rings (SSSR count). The Morgan fingerprint density at radius 3 is 2.81 bits per heavy atom. The van der Waals surface area contributed by atoms with Crippen molar-refractivity contribution in [1.82, 2.24) is 9.88 Å². The SMILES string of the molecule is Cc1cc(NCc2csc(CN(C)C)n2)cc(C(=O)O)c1. The molecular weight excluding hydrogens is 286 g/mol. The molecule has 0 radical (unpaired) electrons. The van der Waals surface area contributed by atoms with Gasteiger partial charge >= 0.3 is 5.97 Å². The van der Waals surface area contributed by atoms with Gasteiger partial charge < -0.3 is 15.3 Å². The fraction of sp³-hybridized carbons (Fsp3) is 0.333. The highest BCUT2D eigenvalue weighted by Crippen LogP contribution is 2.17. The van der Waals surface area contributed by atoms with Gasteiger partial charge in [-0.15, -0.1) is 11.3 Å². The number of aromatic nitrogens is 1. The summed E-state index contributed by atoms with van der Waals surface area (Å²) in [5.41, 5.74) is 2.98. The van der Waals surface area contributed by atoms with E-state index in [4.69, 9.17) is 5.11 Å².